The second-order valence-corrected chi connectivity index (χ2v) is 6.49. The van der Waals surface area contributed by atoms with Gasteiger partial charge in [-0.3, -0.25) is 4.79 Å². The number of aromatic nitrogens is 5. The summed E-state index contributed by atoms with van der Waals surface area (Å²) in [6.07, 6.45) is 1.54. The number of aromatic carboxylic acids is 1. The molecule has 0 aliphatic carbocycles. The molecular formula is C20H17N7O3. The number of nitrogens with one attached hydrogen (secondary N) is 2. The van der Waals surface area contributed by atoms with Gasteiger partial charge >= 0.3 is 5.97 Å². The number of hydrogen-bond acceptors (Lipinski definition) is 7. The van der Waals surface area contributed by atoms with E-state index in [0.717, 1.165) is 11.3 Å². The Morgan fingerprint density at radius 3 is 2.77 bits per heavy atom. The van der Waals surface area contributed by atoms with Crippen LogP contribution in [0.3, 0.4) is 0 Å². The van der Waals surface area contributed by atoms with E-state index in [9.17, 15) is 14.7 Å². The third-order valence-electron chi connectivity index (χ3n) is 4.25. The normalized spacial score (nSPS) is 10.7. The smallest absolute Gasteiger partial charge is 0.335 e. The molecule has 0 unspecified atom stereocenters. The van der Waals surface area contributed by atoms with Crippen molar-refractivity contribution >= 4 is 34.7 Å². The number of nitrogens with zero attached hydrogens (tertiary/aromatic N) is 5. The van der Waals surface area contributed by atoms with Crippen molar-refractivity contribution in [1.29, 1.82) is 0 Å². The molecule has 0 aliphatic rings. The minimum atomic E-state index is -1.03. The molecule has 0 aliphatic heterocycles. The van der Waals surface area contributed by atoms with Crippen LogP contribution in [-0.2, 0) is 11.3 Å². The molecule has 0 saturated carbocycles. The summed E-state index contributed by atoms with van der Waals surface area (Å²) in [5.74, 6) is -0.801. The third-order valence-corrected chi connectivity index (χ3v) is 4.25. The summed E-state index contributed by atoms with van der Waals surface area (Å²) in [7, 11) is 0. The fourth-order valence-corrected chi connectivity index (χ4v) is 2.85. The van der Waals surface area contributed by atoms with Crippen molar-refractivity contribution in [2.24, 2.45) is 0 Å². The molecule has 0 bridgehead atoms. The summed E-state index contributed by atoms with van der Waals surface area (Å²) in [5.41, 5.74) is 3.25. The van der Waals surface area contributed by atoms with Gasteiger partial charge in [-0.1, -0.05) is 23.4 Å². The van der Waals surface area contributed by atoms with E-state index in [-0.39, 0.29) is 11.5 Å². The van der Waals surface area contributed by atoms with Gasteiger partial charge in [0.25, 0.3) is 0 Å². The predicted octanol–water partition coefficient (Wildman–Crippen LogP) is 2.29. The first-order valence-corrected chi connectivity index (χ1v) is 9.02. The first-order valence-electron chi connectivity index (χ1n) is 9.02. The lowest BCUT2D eigenvalue weighted by atomic mass is 10.2. The van der Waals surface area contributed by atoms with Crippen molar-refractivity contribution in [3.63, 3.8) is 0 Å². The van der Waals surface area contributed by atoms with E-state index in [1.54, 1.807) is 12.1 Å². The Balaban J connectivity index is 1.64. The van der Waals surface area contributed by atoms with Crippen molar-refractivity contribution in [2.45, 2.75) is 13.5 Å². The Morgan fingerprint density at radius 1 is 1.13 bits per heavy atom. The van der Waals surface area contributed by atoms with Gasteiger partial charge in [-0.15, -0.1) is 5.10 Å². The van der Waals surface area contributed by atoms with E-state index < -0.39 is 5.97 Å². The van der Waals surface area contributed by atoms with Crippen LogP contribution in [0, 0.1) is 0 Å². The first kappa shape index (κ1) is 19.0. The number of carboxylic acid groups (broad SMARTS) is 1. The van der Waals surface area contributed by atoms with Gasteiger partial charge in [0.15, 0.2) is 11.2 Å². The van der Waals surface area contributed by atoms with Crippen LogP contribution in [0.15, 0.2) is 54.7 Å². The van der Waals surface area contributed by atoms with Gasteiger partial charge in [-0.25, -0.2) is 9.78 Å². The molecule has 0 fully saturated rings. The van der Waals surface area contributed by atoms with Crippen LogP contribution in [0.5, 0.6) is 0 Å². The molecule has 0 atom stereocenters. The predicted molar refractivity (Wildman–Crippen MR) is 109 cm³/mol. The number of amides is 1. The van der Waals surface area contributed by atoms with E-state index >= 15 is 0 Å². The van der Waals surface area contributed by atoms with Gasteiger partial charge in [-0.05, 0) is 35.9 Å². The molecule has 2 aromatic heterocycles. The molecule has 2 aromatic carbocycles. The van der Waals surface area contributed by atoms with Crippen LogP contribution in [0.4, 0.5) is 11.6 Å². The Morgan fingerprint density at radius 2 is 1.97 bits per heavy atom. The summed E-state index contributed by atoms with van der Waals surface area (Å²) in [6, 6.07) is 13.9. The zero-order chi connectivity index (χ0) is 21.1. The molecule has 10 nitrogen and oxygen atoms in total. The van der Waals surface area contributed by atoms with Crippen LogP contribution in [0.1, 0.15) is 22.8 Å². The highest BCUT2D eigenvalue weighted by atomic mass is 16.4. The molecule has 0 saturated heterocycles. The van der Waals surface area contributed by atoms with Gasteiger partial charge < -0.3 is 15.7 Å². The lowest BCUT2D eigenvalue weighted by molar-refractivity contribution is -0.119. The number of benzene rings is 2. The van der Waals surface area contributed by atoms with E-state index in [1.165, 1.54) is 29.9 Å². The van der Waals surface area contributed by atoms with Gasteiger partial charge in [0.2, 0.25) is 11.9 Å². The summed E-state index contributed by atoms with van der Waals surface area (Å²) < 4.78 is 1.46. The number of anilines is 2. The quantitative estimate of drug-likeness (QED) is 0.446. The average Bonchev–Trinajstić information content (AvgIpc) is 3.16. The van der Waals surface area contributed by atoms with Crippen molar-refractivity contribution in [3.05, 3.63) is 65.9 Å². The molecule has 2 heterocycles. The molecule has 4 aromatic rings. The Bertz CT molecular complexity index is 1250. The Kier molecular flexibility index (Phi) is 5.04. The zero-order valence-corrected chi connectivity index (χ0v) is 15.9. The first-order chi connectivity index (χ1) is 14.5. The number of fused-ring (bicyclic) bond motifs is 1. The van der Waals surface area contributed by atoms with Crippen LogP contribution in [-0.4, -0.2) is 41.9 Å². The van der Waals surface area contributed by atoms with Crippen molar-refractivity contribution in [1.82, 2.24) is 30.3 Å². The summed E-state index contributed by atoms with van der Waals surface area (Å²) in [4.78, 5) is 31.1. The summed E-state index contributed by atoms with van der Waals surface area (Å²) in [6.45, 7) is 1.88. The van der Waals surface area contributed by atoms with Crippen LogP contribution in [0.25, 0.3) is 16.9 Å². The monoisotopic (exact) mass is 403 g/mol. The fraction of sp³-hybridized carbons (Fsp3) is 0.100. The number of carboxylic acids is 1. The maximum absolute atomic E-state index is 11.3. The van der Waals surface area contributed by atoms with Gasteiger partial charge in [0.1, 0.15) is 0 Å². The van der Waals surface area contributed by atoms with Crippen LogP contribution in [0.2, 0.25) is 0 Å². The highest BCUT2D eigenvalue weighted by molar-refractivity contribution is 5.88. The second kappa shape index (κ2) is 7.95. The topological polar surface area (TPSA) is 135 Å². The van der Waals surface area contributed by atoms with E-state index in [0.29, 0.717) is 29.3 Å². The molecule has 10 heteroatoms. The third kappa shape index (κ3) is 4.07. The van der Waals surface area contributed by atoms with E-state index in [4.69, 9.17) is 0 Å². The summed E-state index contributed by atoms with van der Waals surface area (Å²) in [5, 5.41) is 23.2. The lowest BCUT2D eigenvalue weighted by Gasteiger charge is -2.08. The molecule has 1 amide bonds. The van der Waals surface area contributed by atoms with Crippen molar-refractivity contribution in [2.75, 3.05) is 5.32 Å². The molecule has 0 radical (unpaired) electrons. The van der Waals surface area contributed by atoms with Gasteiger partial charge in [0, 0.05) is 19.2 Å². The number of hydrogen-bond donors (Lipinski definition) is 3. The van der Waals surface area contributed by atoms with E-state index in [2.05, 4.69) is 30.9 Å². The second-order valence-electron chi connectivity index (χ2n) is 6.49. The molecule has 4 rings (SSSR count). The van der Waals surface area contributed by atoms with Crippen LogP contribution >= 0.6 is 0 Å². The fourth-order valence-electron chi connectivity index (χ4n) is 2.85. The number of carbonyl (C=O) groups is 2. The summed E-state index contributed by atoms with van der Waals surface area (Å²) >= 11 is 0. The maximum atomic E-state index is 11.3. The van der Waals surface area contributed by atoms with Crippen molar-refractivity contribution in [3.8, 4) is 5.69 Å². The lowest BCUT2D eigenvalue weighted by Crippen LogP contribution is -2.18. The minimum absolute atomic E-state index is 0.102. The zero-order valence-electron chi connectivity index (χ0n) is 15.9. The van der Waals surface area contributed by atoms with Crippen molar-refractivity contribution < 1.29 is 14.7 Å². The Hall–Kier alpha value is -4.34. The molecule has 3 N–H and O–H groups in total. The standard InChI is InChI=1S/C20H17N7O3/c1-12(28)21-10-13-4-2-6-15(8-13)23-20-22-11-17-18(24-20)27(26-25-17)16-7-3-5-14(9-16)19(29)30/h2-9,11H,10H2,1H3,(H,21,28)(H,29,30)(H,22,23,24). The molecular weight excluding hydrogens is 386 g/mol. The SMILES string of the molecule is CC(=O)NCc1cccc(Nc2ncc3nnn(-c4cccc(C(=O)O)c4)c3n2)c1. The Labute approximate surface area is 170 Å². The largest absolute Gasteiger partial charge is 0.478 e. The number of carbonyl (C=O) groups excluding carboxylic acids is 1. The molecule has 150 valence electrons. The molecule has 30 heavy (non-hydrogen) atoms. The van der Waals surface area contributed by atoms with Crippen LogP contribution < -0.4 is 10.6 Å². The average molecular weight is 403 g/mol. The van der Waals surface area contributed by atoms with Gasteiger partial charge in [0.05, 0.1) is 17.4 Å². The maximum Gasteiger partial charge on any atom is 0.335 e. The van der Waals surface area contributed by atoms with E-state index in [1.807, 2.05) is 24.3 Å². The molecule has 0 spiro atoms. The number of rotatable bonds is 6. The minimum Gasteiger partial charge on any atom is -0.478 e. The van der Waals surface area contributed by atoms with Gasteiger partial charge in [-0.2, -0.15) is 9.67 Å². The highest BCUT2D eigenvalue weighted by Gasteiger charge is 2.12. The highest BCUT2D eigenvalue weighted by Crippen LogP contribution is 2.19.